The summed E-state index contributed by atoms with van der Waals surface area (Å²) in [4.78, 5) is 13.0. The zero-order chi connectivity index (χ0) is 45.1. The van der Waals surface area contributed by atoms with Crippen LogP contribution in [0.1, 0.15) is 251 Å². The van der Waals surface area contributed by atoms with Gasteiger partial charge in [-0.3, -0.25) is 4.79 Å². The maximum atomic E-state index is 13.0. The van der Waals surface area contributed by atoms with Gasteiger partial charge in [0, 0.05) is 6.42 Å². The van der Waals surface area contributed by atoms with Crippen LogP contribution >= 0.6 is 0 Å². The van der Waals surface area contributed by atoms with E-state index in [9.17, 15) is 30.3 Å². The molecule has 0 radical (unpaired) electrons. The first kappa shape index (κ1) is 58.7. The van der Waals surface area contributed by atoms with Crippen LogP contribution in [0.15, 0.2) is 24.3 Å². The van der Waals surface area contributed by atoms with Gasteiger partial charge in [-0.25, -0.2) is 0 Å². The van der Waals surface area contributed by atoms with E-state index in [1.165, 1.54) is 193 Å². The summed E-state index contributed by atoms with van der Waals surface area (Å²) in [7, 11) is 0. The third-order valence-electron chi connectivity index (χ3n) is 12.8. The maximum Gasteiger partial charge on any atom is 0.220 e. The fourth-order valence-electron chi connectivity index (χ4n) is 8.53. The Balaban J connectivity index is 2.27. The van der Waals surface area contributed by atoms with Crippen LogP contribution < -0.4 is 5.32 Å². The van der Waals surface area contributed by atoms with E-state index in [1.54, 1.807) is 6.08 Å². The molecule has 0 saturated carbocycles. The molecular weight excluding hydrogens is 779 g/mol. The Hall–Kier alpha value is -1.33. The number of carbonyl (C=O) groups is 1. The molecule has 0 aliphatic carbocycles. The second-order valence-electron chi connectivity index (χ2n) is 18.7. The van der Waals surface area contributed by atoms with E-state index in [4.69, 9.17) is 9.47 Å². The van der Waals surface area contributed by atoms with Crippen LogP contribution in [0.4, 0.5) is 0 Å². The molecule has 0 aromatic carbocycles. The second-order valence-corrected chi connectivity index (χ2v) is 18.7. The Morgan fingerprint density at radius 2 is 0.919 bits per heavy atom. The highest BCUT2D eigenvalue weighted by molar-refractivity contribution is 5.76. The normalized spacial score (nSPS) is 20.4. The number of amides is 1. The van der Waals surface area contributed by atoms with Gasteiger partial charge in [0.2, 0.25) is 5.91 Å². The van der Waals surface area contributed by atoms with Crippen molar-refractivity contribution in [3.05, 3.63) is 24.3 Å². The number of aliphatic hydroxyl groups is 5. The van der Waals surface area contributed by atoms with Gasteiger partial charge in [0.1, 0.15) is 24.4 Å². The van der Waals surface area contributed by atoms with Crippen molar-refractivity contribution in [2.45, 2.75) is 294 Å². The molecule has 0 bridgehead atoms. The Bertz CT molecular complexity index is 1020. The molecule has 1 saturated heterocycles. The molecule has 9 heteroatoms. The summed E-state index contributed by atoms with van der Waals surface area (Å²) in [6.07, 6.45) is 46.6. The van der Waals surface area contributed by atoms with Crippen molar-refractivity contribution in [2.24, 2.45) is 0 Å². The predicted octanol–water partition coefficient (Wildman–Crippen LogP) is 12.2. The van der Waals surface area contributed by atoms with Crippen molar-refractivity contribution in [3.63, 3.8) is 0 Å². The molecule has 1 aliphatic heterocycles. The summed E-state index contributed by atoms with van der Waals surface area (Å²) >= 11 is 0. The number of rotatable bonds is 45. The molecule has 7 atom stereocenters. The first-order valence-corrected chi connectivity index (χ1v) is 26.6. The molecule has 1 rings (SSSR count). The summed E-state index contributed by atoms with van der Waals surface area (Å²) in [5.74, 6) is -0.182. The van der Waals surface area contributed by atoms with Crippen molar-refractivity contribution in [3.8, 4) is 0 Å². The smallest absolute Gasteiger partial charge is 0.220 e. The minimum atomic E-state index is -1.57. The molecule has 9 nitrogen and oxygen atoms in total. The summed E-state index contributed by atoms with van der Waals surface area (Å²) in [5, 5.41) is 54.3. The molecule has 62 heavy (non-hydrogen) atoms. The number of carbonyl (C=O) groups excluding carboxylic acids is 1. The van der Waals surface area contributed by atoms with Crippen LogP contribution in [0.3, 0.4) is 0 Å². The van der Waals surface area contributed by atoms with E-state index in [0.29, 0.717) is 6.42 Å². The van der Waals surface area contributed by atoms with Crippen molar-refractivity contribution in [1.29, 1.82) is 0 Å². The van der Waals surface area contributed by atoms with E-state index in [0.717, 1.165) is 38.5 Å². The average molecular weight is 880 g/mol. The van der Waals surface area contributed by atoms with Crippen LogP contribution in [0, 0.1) is 0 Å². The standard InChI is InChI=1S/C53H101NO8/c1-3-5-7-9-11-13-15-17-19-21-22-23-24-25-27-29-31-33-35-37-39-41-43-49(57)54-46(45-61-53-52(60)51(59)50(58)48(44-55)62-53)47(56)42-40-38-36-34-32-30-28-26-20-18-16-14-12-10-8-6-4-2/h32,34,40,42,46-48,50-53,55-56,58-60H,3-31,33,35-39,41,43-45H2,1-2H3,(H,54,57)/b34-32+,42-40+/t46-,47+,48-,50-,51?,52?,53-/m0/s1. The van der Waals surface area contributed by atoms with Gasteiger partial charge in [-0.2, -0.15) is 0 Å². The quantitative estimate of drug-likeness (QED) is 0.0262. The van der Waals surface area contributed by atoms with Crippen LogP contribution in [-0.2, 0) is 14.3 Å². The van der Waals surface area contributed by atoms with Gasteiger partial charge in [-0.15, -0.1) is 0 Å². The number of aliphatic hydroxyl groups excluding tert-OH is 5. The van der Waals surface area contributed by atoms with Crippen molar-refractivity contribution in [2.75, 3.05) is 13.2 Å². The van der Waals surface area contributed by atoms with E-state index < -0.39 is 49.5 Å². The Morgan fingerprint density at radius 3 is 1.35 bits per heavy atom. The van der Waals surface area contributed by atoms with Gasteiger partial charge in [0.15, 0.2) is 6.29 Å². The Kier molecular flexibility index (Phi) is 41.2. The second kappa shape index (κ2) is 43.6. The fourth-order valence-corrected chi connectivity index (χ4v) is 8.53. The van der Waals surface area contributed by atoms with E-state index in [-0.39, 0.29) is 12.5 Å². The van der Waals surface area contributed by atoms with Crippen LogP contribution in [-0.4, -0.2) is 87.5 Å². The molecule has 6 N–H and O–H groups in total. The third kappa shape index (κ3) is 33.2. The van der Waals surface area contributed by atoms with Crippen LogP contribution in [0.25, 0.3) is 0 Å². The molecule has 1 amide bonds. The number of allylic oxidation sites excluding steroid dienone is 3. The zero-order valence-electron chi connectivity index (χ0n) is 40.4. The SMILES string of the molecule is CCCCCCCCCCCCC/C=C/CC/C=C/[C@@H](O)[C@H](CO[C@H]1O[C@@H](CO)[C@H](O)C(O)C1O)NC(=O)CCCCCCCCCCCCCCCCCCCCCCCC. The van der Waals surface area contributed by atoms with Crippen molar-refractivity contribution < 1.29 is 39.8 Å². The molecule has 0 aromatic rings. The van der Waals surface area contributed by atoms with E-state index >= 15 is 0 Å². The Morgan fingerprint density at radius 1 is 0.532 bits per heavy atom. The minimum Gasteiger partial charge on any atom is -0.394 e. The first-order valence-electron chi connectivity index (χ1n) is 26.6. The molecule has 0 spiro atoms. The lowest BCUT2D eigenvalue weighted by atomic mass is 9.99. The van der Waals surface area contributed by atoms with Crippen LogP contribution in [0.5, 0.6) is 0 Å². The molecule has 2 unspecified atom stereocenters. The van der Waals surface area contributed by atoms with E-state index in [1.807, 2.05) is 6.08 Å². The lowest BCUT2D eigenvalue weighted by molar-refractivity contribution is -0.302. The van der Waals surface area contributed by atoms with E-state index in [2.05, 4.69) is 31.3 Å². The molecular formula is C53H101NO8. The third-order valence-corrected chi connectivity index (χ3v) is 12.8. The fraction of sp³-hybridized carbons (Fsp3) is 0.906. The van der Waals surface area contributed by atoms with Gasteiger partial charge >= 0.3 is 0 Å². The molecule has 0 aromatic heterocycles. The van der Waals surface area contributed by atoms with Gasteiger partial charge in [-0.05, 0) is 32.1 Å². The van der Waals surface area contributed by atoms with Crippen molar-refractivity contribution in [1.82, 2.24) is 5.32 Å². The number of hydrogen-bond acceptors (Lipinski definition) is 8. The average Bonchev–Trinajstić information content (AvgIpc) is 3.27. The monoisotopic (exact) mass is 880 g/mol. The molecule has 1 fully saturated rings. The Labute approximate surface area is 381 Å². The predicted molar refractivity (Wildman–Crippen MR) is 258 cm³/mol. The molecule has 1 aliphatic rings. The lowest BCUT2D eigenvalue weighted by Crippen LogP contribution is -2.60. The highest BCUT2D eigenvalue weighted by atomic mass is 16.7. The number of nitrogens with one attached hydrogen (secondary N) is 1. The summed E-state index contributed by atoms with van der Waals surface area (Å²) in [5.41, 5.74) is 0. The summed E-state index contributed by atoms with van der Waals surface area (Å²) in [6, 6.07) is -0.817. The summed E-state index contributed by atoms with van der Waals surface area (Å²) < 4.78 is 11.2. The number of hydrogen-bond donors (Lipinski definition) is 6. The van der Waals surface area contributed by atoms with Gasteiger partial charge < -0.3 is 40.3 Å². The van der Waals surface area contributed by atoms with Crippen LogP contribution in [0.2, 0.25) is 0 Å². The molecule has 1 heterocycles. The van der Waals surface area contributed by atoms with Gasteiger partial charge in [0.05, 0.1) is 25.4 Å². The first-order chi connectivity index (χ1) is 30.3. The minimum absolute atomic E-state index is 0.182. The largest absolute Gasteiger partial charge is 0.394 e. The summed E-state index contributed by atoms with van der Waals surface area (Å²) in [6.45, 7) is 3.79. The maximum absolute atomic E-state index is 13.0. The van der Waals surface area contributed by atoms with Gasteiger partial charge in [0.25, 0.3) is 0 Å². The van der Waals surface area contributed by atoms with Gasteiger partial charge in [-0.1, -0.05) is 237 Å². The number of unbranched alkanes of at least 4 members (excludes halogenated alkanes) is 33. The number of ether oxygens (including phenoxy) is 2. The van der Waals surface area contributed by atoms with Crippen molar-refractivity contribution >= 4 is 5.91 Å². The highest BCUT2D eigenvalue weighted by Crippen LogP contribution is 2.23. The molecule has 366 valence electrons. The highest BCUT2D eigenvalue weighted by Gasteiger charge is 2.44. The zero-order valence-corrected chi connectivity index (χ0v) is 40.4. The topological polar surface area (TPSA) is 149 Å². The lowest BCUT2D eigenvalue weighted by Gasteiger charge is -2.40.